The fourth-order valence-corrected chi connectivity index (χ4v) is 2.50. The zero-order valence-corrected chi connectivity index (χ0v) is 14.0. The first kappa shape index (κ1) is 16.5. The summed E-state index contributed by atoms with van der Waals surface area (Å²) in [6, 6.07) is 10.1. The molecule has 0 unspecified atom stereocenters. The van der Waals surface area contributed by atoms with Gasteiger partial charge in [0.1, 0.15) is 0 Å². The van der Waals surface area contributed by atoms with Crippen molar-refractivity contribution in [1.29, 1.82) is 0 Å². The van der Waals surface area contributed by atoms with Gasteiger partial charge in [0.15, 0.2) is 0 Å². The minimum atomic E-state index is 0.217. The highest BCUT2D eigenvalue weighted by Gasteiger charge is 2.19. The molecule has 0 aromatic heterocycles. The van der Waals surface area contributed by atoms with Gasteiger partial charge in [-0.3, -0.25) is 0 Å². The Morgan fingerprint density at radius 1 is 0.905 bits per heavy atom. The zero-order chi connectivity index (χ0) is 15.1. The molecular formula is C19H32N2. The molecule has 2 rings (SSSR count). The highest BCUT2D eigenvalue weighted by Crippen LogP contribution is 2.18. The molecule has 0 heterocycles. The number of nitrogens with one attached hydrogen (secondary N) is 2. The van der Waals surface area contributed by atoms with Crippen molar-refractivity contribution in [3.63, 3.8) is 0 Å². The van der Waals surface area contributed by atoms with Gasteiger partial charge < -0.3 is 10.6 Å². The summed E-state index contributed by atoms with van der Waals surface area (Å²) in [5.74, 6) is 0. The molecule has 2 N–H and O–H groups in total. The van der Waals surface area contributed by atoms with Gasteiger partial charge in [-0.15, -0.1) is 0 Å². The molecule has 1 aliphatic carbocycles. The summed E-state index contributed by atoms with van der Waals surface area (Å²) < 4.78 is 0. The maximum atomic E-state index is 3.58. The van der Waals surface area contributed by atoms with Crippen LogP contribution in [0.1, 0.15) is 57.6 Å². The Hall–Kier alpha value is -0.860. The molecule has 1 aromatic rings. The number of benzene rings is 1. The Labute approximate surface area is 130 Å². The van der Waals surface area contributed by atoms with Crippen molar-refractivity contribution in [1.82, 2.24) is 10.6 Å². The van der Waals surface area contributed by atoms with Crippen LogP contribution in [0.15, 0.2) is 24.3 Å². The Balaban J connectivity index is 1.59. The molecule has 2 heteroatoms. The minimum absolute atomic E-state index is 0.217. The van der Waals surface area contributed by atoms with Crippen LogP contribution in [-0.4, -0.2) is 24.7 Å². The van der Waals surface area contributed by atoms with Gasteiger partial charge in [0.2, 0.25) is 0 Å². The van der Waals surface area contributed by atoms with E-state index in [2.05, 4.69) is 55.7 Å². The lowest BCUT2D eigenvalue weighted by molar-refractivity contribution is 0.429. The van der Waals surface area contributed by atoms with Crippen LogP contribution in [0.5, 0.6) is 0 Å². The summed E-state index contributed by atoms with van der Waals surface area (Å²) in [7, 11) is 0. The van der Waals surface area contributed by atoms with E-state index in [4.69, 9.17) is 0 Å². The fraction of sp³-hybridized carbons (Fsp3) is 0.684. The molecule has 1 aromatic carbocycles. The highest BCUT2D eigenvalue weighted by atomic mass is 14.9. The molecule has 2 nitrogen and oxygen atoms in total. The van der Waals surface area contributed by atoms with Crippen molar-refractivity contribution >= 4 is 0 Å². The van der Waals surface area contributed by atoms with Crippen molar-refractivity contribution in [2.75, 3.05) is 13.1 Å². The second kappa shape index (κ2) is 7.95. The predicted molar refractivity (Wildman–Crippen MR) is 91.9 cm³/mol. The number of aryl methyl sites for hydroxylation is 1. The summed E-state index contributed by atoms with van der Waals surface area (Å²) in [4.78, 5) is 0. The Morgan fingerprint density at radius 2 is 1.52 bits per heavy atom. The van der Waals surface area contributed by atoms with Gasteiger partial charge in [0, 0.05) is 11.6 Å². The highest BCUT2D eigenvalue weighted by molar-refractivity contribution is 5.22. The molecule has 1 fully saturated rings. The van der Waals surface area contributed by atoms with Crippen molar-refractivity contribution in [3.05, 3.63) is 35.4 Å². The first-order valence-corrected chi connectivity index (χ1v) is 8.59. The number of hydrogen-bond donors (Lipinski definition) is 2. The molecule has 0 amide bonds. The summed E-state index contributed by atoms with van der Waals surface area (Å²) in [5.41, 5.74) is 3.13. The second-order valence-electron chi connectivity index (χ2n) is 7.43. The molecule has 0 atom stereocenters. The predicted octanol–water partition coefficient (Wildman–Crippen LogP) is 3.69. The SMILES string of the molecule is CC(C)(C)NCCc1ccc(CCCCNC2CC2)cc1. The van der Waals surface area contributed by atoms with Crippen LogP contribution in [-0.2, 0) is 12.8 Å². The molecule has 0 spiro atoms. The van der Waals surface area contributed by atoms with E-state index < -0.39 is 0 Å². The van der Waals surface area contributed by atoms with Crippen LogP contribution in [0.3, 0.4) is 0 Å². The second-order valence-corrected chi connectivity index (χ2v) is 7.43. The van der Waals surface area contributed by atoms with Gasteiger partial charge in [-0.25, -0.2) is 0 Å². The molecule has 1 saturated carbocycles. The number of rotatable bonds is 9. The van der Waals surface area contributed by atoms with Crippen LogP contribution in [0.2, 0.25) is 0 Å². The van der Waals surface area contributed by atoms with Crippen LogP contribution >= 0.6 is 0 Å². The molecule has 0 saturated heterocycles. The van der Waals surface area contributed by atoms with E-state index in [9.17, 15) is 0 Å². The molecular weight excluding hydrogens is 256 g/mol. The topological polar surface area (TPSA) is 24.1 Å². The minimum Gasteiger partial charge on any atom is -0.314 e. The third-order valence-electron chi connectivity index (χ3n) is 3.99. The summed E-state index contributed by atoms with van der Waals surface area (Å²) in [6.07, 6.45) is 7.71. The molecule has 0 bridgehead atoms. The van der Waals surface area contributed by atoms with Crippen molar-refractivity contribution in [3.8, 4) is 0 Å². The average molecular weight is 288 g/mol. The van der Waals surface area contributed by atoms with Crippen LogP contribution in [0.25, 0.3) is 0 Å². The zero-order valence-electron chi connectivity index (χ0n) is 14.0. The van der Waals surface area contributed by atoms with Gasteiger partial charge >= 0.3 is 0 Å². The number of hydrogen-bond acceptors (Lipinski definition) is 2. The Kier molecular flexibility index (Phi) is 6.25. The Bertz CT molecular complexity index is 399. The van der Waals surface area contributed by atoms with Gasteiger partial charge in [0.05, 0.1) is 0 Å². The summed E-state index contributed by atoms with van der Waals surface area (Å²) in [6.45, 7) is 8.90. The van der Waals surface area contributed by atoms with Crippen LogP contribution in [0.4, 0.5) is 0 Å². The van der Waals surface area contributed by atoms with E-state index in [0.29, 0.717) is 0 Å². The molecule has 118 valence electrons. The van der Waals surface area contributed by atoms with E-state index in [1.165, 1.54) is 49.8 Å². The standard InChI is InChI=1S/C19H32N2/c1-19(2,3)21-15-13-17-9-7-16(8-10-17)6-4-5-14-20-18-11-12-18/h7-10,18,20-21H,4-6,11-15H2,1-3H3. The molecule has 0 radical (unpaired) electrons. The largest absolute Gasteiger partial charge is 0.314 e. The maximum absolute atomic E-state index is 3.58. The first-order valence-electron chi connectivity index (χ1n) is 8.59. The van der Waals surface area contributed by atoms with E-state index in [-0.39, 0.29) is 5.54 Å². The maximum Gasteiger partial charge on any atom is 0.00966 e. The van der Waals surface area contributed by atoms with Crippen LogP contribution < -0.4 is 10.6 Å². The lowest BCUT2D eigenvalue weighted by atomic mass is 10.0. The summed E-state index contributed by atoms with van der Waals surface area (Å²) in [5, 5.41) is 7.12. The van der Waals surface area contributed by atoms with Gasteiger partial charge in [-0.1, -0.05) is 24.3 Å². The van der Waals surface area contributed by atoms with Crippen molar-refractivity contribution in [2.45, 2.75) is 70.9 Å². The van der Waals surface area contributed by atoms with Crippen LogP contribution in [0, 0.1) is 0 Å². The number of unbranched alkanes of at least 4 members (excludes halogenated alkanes) is 1. The monoisotopic (exact) mass is 288 g/mol. The van der Waals surface area contributed by atoms with Crippen molar-refractivity contribution < 1.29 is 0 Å². The Morgan fingerprint density at radius 3 is 2.10 bits per heavy atom. The smallest absolute Gasteiger partial charge is 0.00966 e. The van der Waals surface area contributed by atoms with E-state index >= 15 is 0 Å². The average Bonchev–Trinajstić information content (AvgIpc) is 3.23. The normalized spacial score (nSPS) is 15.4. The van der Waals surface area contributed by atoms with Crippen molar-refractivity contribution in [2.24, 2.45) is 0 Å². The lowest BCUT2D eigenvalue weighted by Gasteiger charge is -2.20. The van der Waals surface area contributed by atoms with Gasteiger partial charge in [-0.2, -0.15) is 0 Å². The lowest BCUT2D eigenvalue weighted by Crippen LogP contribution is -2.37. The fourth-order valence-electron chi connectivity index (χ4n) is 2.50. The van der Waals surface area contributed by atoms with Gasteiger partial charge in [0.25, 0.3) is 0 Å². The summed E-state index contributed by atoms with van der Waals surface area (Å²) >= 11 is 0. The first-order chi connectivity index (χ1) is 10.0. The van der Waals surface area contributed by atoms with Gasteiger partial charge in [-0.05, 0) is 83.5 Å². The third kappa shape index (κ3) is 7.63. The van der Waals surface area contributed by atoms with E-state index in [1.807, 2.05) is 0 Å². The molecule has 0 aliphatic heterocycles. The molecule has 21 heavy (non-hydrogen) atoms. The molecule has 1 aliphatic rings. The third-order valence-corrected chi connectivity index (χ3v) is 3.99. The van der Waals surface area contributed by atoms with E-state index in [1.54, 1.807) is 0 Å². The van der Waals surface area contributed by atoms with E-state index in [0.717, 1.165) is 19.0 Å². The quantitative estimate of drug-likeness (QED) is 0.677.